The fourth-order valence-electron chi connectivity index (χ4n) is 4.54. The molecular weight excluding hydrogens is 535 g/mol. The highest BCUT2D eigenvalue weighted by Gasteiger charge is 2.42. The highest BCUT2D eigenvalue weighted by atomic mass is 79.9. The summed E-state index contributed by atoms with van der Waals surface area (Å²) in [5, 5.41) is 9.36. The van der Waals surface area contributed by atoms with E-state index in [1.165, 1.54) is 22.9 Å². The van der Waals surface area contributed by atoms with Gasteiger partial charge in [0.2, 0.25) is 6.23 Å². The van der Waals surface area contributed by atoms with Crippen molar-refractivity contribution in [3.05, 3.63) is 110 Å². The van der Waals surface area contributed by atoms with Crippen LogP contribution >= 0.6 is 31.9 Å². The topological polar surface area (TPSA) is 24.8 Å². The molecule has 32 heavy (non-hydrogen) atoms. The molecule has 0 saturated carbocycles. The normalized spacial score (nSPS) is 19.3. The summed E-state index contributed by atoms with van der Waals surface area (Å²) in [5.74, 6) is 0.486. The lowest BCUT2D eigenvalue weighted by atomic mass is 9.95. The summed E-state index contributed by atoms with van der Waals surface area (Å²) in [4.78, 5) is 0. The van der Waals surface area contributed by atoms with Crippen molar-refractivity contribution < 1.29 is 9.13 Å². The van der Waals surface area contributed by atoms with Crippen LogP contribution in [0.15, 0.2) is 92.9 Å². The summed E-state index contributed by atoms with van der Waals surface area (Å²) < 4.78 is 22.3. The SMILES string of the molecule is Fc1cccc(C2Oc3c(Br)cc(Br)cc3C3CC(c4ccc5ccccc5c4)=NN32)c1. The van der Waals surface area contributed by atoms with E-state index in [2.05, 4.69) is 68.3 Å². The van der Waals surface area contributed by atoms with Crippen molar-refractivity contribution in [3.8, 4) is 5.75 Å². The molecule has 2 atom stereocenters. The van der Waals surface area contributed by atoms with Gasteiger partial charge in [-0.05, 0) is 62.6 Å². The van der Waals surface area contributed by atoms with Gasteiger partial charge in [-0.15, -0.1) is 0 Å². The molecular formula is C26H17Br2FN2O. The smallest absolute Gasteiger partial charge is 0.214 e. The van der Waals surface area contributed by atoms with Crippen LogP contribution in [0.25, 0.3) is 10.8 Å². The second-order valence-corrected chi connectivity index (χ2v) is 9.81. The minimum Gasteiger partial charge on any atom is -0.463 e. The van der Waals surface area contributed by atoms with Gasteiger partial charge in [-0.1, -0.05) is 64.5 Å². The predicted molar refractivity (Wildman–Crippen MR) is 131 cm³/mol. The average molecular weight is 552 g/mol. The molecule has 4 aromatic rings. The van der Waals surface area contributed by atoms with E-state index in [1.807, 2.05) is 29.3 Å². The third-order valence-corrected chi connectivity index (χ3v) is 7.07. The van der Waals surface area contributed by atoms with Crippen LogP contribution in [-0.4, -0.2) is 10.7 Å². The summed E-state index contributed by atoms with van der Waals surface area (Å²) in [6.07, 6.45) is 0.224. The molecule has 0 amide bonds. The highest BCUT2D eigenvalue weighted by Crippen LogP contribution is 2.50. The zero-order valence-electron chi connectivity index (χ0n) is 16.8. The van der Waals surface area contributed by atoms with Gasteiger partial charge in [0, 0.05) is 22.0 Å². The molecule has 6 rings (SSSR count). The molecule has 0 radical (unpaired) electrons. The first kappa shape index (κ1) is 19.9. The van der Waals surface area contributed by atoms with Gasteiger partial charge in [0.25, 0.3) is 0 Å². The van der Waals surface area contributed by atoms with Gasteiger partial charge < -0.3 is 4.74 Å². The minimum atomic E-state index is -0.515. The van der Waals surface area contributed by atoms with E-state index in [0.29, 0.717) is 0 Å². The van der Waals surface area contributed by atoms with Crippen molar-refractivity contribution in [2.75, 3.05) is 0 Å². The summed E-state index contributed by atoms with van der Waals surface area (Å²) >= 11 is 7.25. The van der Waals surface area contributed by atoms with Crippen molar-refractivity contribution in [3.63, 3.8) is 0 Å². The maximum atomic E-state index is 14.1. The van der Waals surface area contributed by atoms with Crippen LogP contribution in [-0.2, 0) is 0 Å². The molecule has 0 fully saturated rings. The Hall–Kier alpha value is -2.70. The summed E-state index contributed by atoms with van der Waals surface area (Å²) in [6, 6.07) is 25.3. The summed E-state index contributed by atoms with van der Waals surface area (Å²) in [6.45, 7) is 0. The number of halogens is 3. The largest absolute Gasteiger partial charge is 0.463 e. The molecule has 2 heterocycles. The highest BCUT2D eigenvalue weighted by molar-refractivity contribution is 9.11. The van der Waals surface area contributed by atoms with E-state index in [0.717, 1.165) is 43.5 Å². The van der Waals surface area contributed by atoms with Gasteiger partial charge in [-0.3, -0.25) is 0 Å². The van der Waals surface area contributed by atoms with Gasteiger partial charge in [-0.2, -0.15) is 5.10 Å². The van der Waals surface area contributed by atoms with Gasteiger partial charge in [-0.25, -0.2) is 9.40 Å². The molecule has 2 aliphatic heterocycles. The van der Waals surface area contributed by atoms with Gasteiger partial charge in [0.05, 0.1) is 16.2 Å². The number of hydrogen-bond donors (Lipinski definition) is 0. The first-order valence-corrected chi connectivity index (χ1v) is 11.9. The number of hydrazone groups is 1. The van der Waals surface area contributed by atoms with Crippen LogP contribution < -0.4 is 4.74 Å². The first-order chi connectivity index (χ1) is 15.6. The predicted octanol–water partition coefficient (Wildman–Crippen LogP) is 7.75. The Morgan fingerprint density at radius 2 is 1.75 bits per heavy atom. The van der Waals surface area contributed by atoms with Crippen LogP contribution in [0, 0.1) is 5.82 Å². The fourth-order valence-corrected chi connectivity index (χ4v) is 5.89. The third-order valence-electron chi connectivity index (χ3n) is 6.02. The Kier molecular flexibility index (Phi) is 4.81. The van der Waals surface area contributed by atoms with Crippen LogP contribution in [0.4, 0.5) is 4.39 Å². The monoisotopic (exact) mass is 550 g/mol. The van der Waals surface area contributed by atoms with E-state index in [4.69, 9.17) is 9.84 Å². The molecule has 4 aromatic carbocycles. The van der Waals surface area contributed by atoms with Crippen LogP contribution in [0.5, 0.6) is 5.75 Å². The first-order valence-electron chi connectivity index (χ1n) is 10.3. The maximum absolute atomic E-state index is 14.1. The quantitative estimate of drug-likeness (QED) is 0.254. The molecule has 0 N–H and O–H groups in total. The number of ether oxygens (including phenoxy) is 1. The summed E-state index contributed by atoms with van der Waals surface area (Å²) in [5.41, 5.74) is 3.87. The van der Waals surface area contributed by atoms with Gasteiger partial charge >= 0.3 is 0 Å². The molecule has 6 heteroatoms. The number of fused-ring (bicyclic) bond motifs is 4. The van der Waals surface area contributed by atoms with Crippen molar-refractivity contribution in [1.29, 1.82) is 0 Å². The lowest BCUT2D eigenvalue weighted by Crippen LogP contribution is -2.34. The summed E-state index contributed by atoms with van der Waals surface area (Å²) in [7, 11) is 0. The molecule has 0 bridgehead atoms. The molecule has 2 aliphatic rings. The fraction of sp³-hybridized carbons (Fsp3) is 0.115. The Labute approximate surface area is 201 Å². The van der Waals surface area contributed by atoms with Gasteiger partial charge in [0.15, 0.2) is 0 Å². The van der Waals surface area contributed by atoms with E-state index in [1.54, 1.807) is 6.07 Å². The minimum absolute atomic E-state index is 0.0118. The maximum Gasteiger partial charge on any atom is 0.214 e. The molecule has 3 nitrogen and oxygen atoms in total. The van der Waals surface area contributed by atoms with Crippen LogP contribution in [0.2, 0.25) is 0 Å². The molecule has 0 spiro atoms. The molecule has 158 valence electrons. The van der Waals surface area contributed by atoms with Crippen molar-refractivity contribution in [1.82, 2.24) is 5.01 Å². The Bertz CT molecular complexity index is 1400. The molecule has 0 aliphatic carbocycles. The van der Waals surface area contributed by atoms with Crippen LogP contribution in [0.1, 0.15) is 35.4 Å². The van der Waals surface area contributed by atoms with E-state index < -0.39 is 6.23 Å². The van der Waals surface area contributed by atoms with E-state index >= 15 is 0 Å². The van der Waals surface area contributed by atoms with E-state index in [-0.39, 0.29) is 11.9 Å². The van der Waals surface area contributed by atoms with Crippen molar-refractivity contribution in [2.45, 2.75) is 18.7 Å². The van der Waals surface area contributed by atoms with Gasteiger partial charge in [0.1, 0.15) is 11.6 Å². The Morgan fingerprint density at radius 1 is 0.906 bits per heavy atom. The average Bonchev–Trinajstić information content (AvgIpc) is 3.24. The lowest BCUT2D eigenvalue weighted by Gasteiger charge is -2.38. The zero-order valence-corrected chi connectivity index (χ0v) is 20.0. The number of nitrogens with zero attached hydrogens (tertiary/aromatic N) is 2. The lowest BCUT2D eigenvalue weighted by molar-refractivity contribution is -0.0199. The van der Waals surface area contributed by atoms with Crippen LogP contribution in [0.3, 0.4) is 0 Å². The second kappa shape index (κ2) is 7.71. The zero-order chi connectivity index (χ0) is 21.8. The molecule has 0 aromatic heterocycles. The Balaban J connectivity index is 1.48. The number of rotatable bonds is 2. The number of hydrogen-bond acceptors (Lipinski definition) is 3. The second-order valence-electron chi connectivity index (χ2n) is 8.04. The van der Waals surface area contributed by atoms with Crippen molar-refractivity contribution >= 4 is 48.3 Å². The number of benzene rings is 4. The van der Waals surface area contributed by atoms with E-state index in [9.17, 15) is 4.39 Å². The standard InChI is InChI=1S/C26H17Br2FN2O/c27-19-12-21-24-14-23(17-9-8-15-4-1-2-5-16(15)10-17)30-31(24)26(32-25(21)22(28)13-19)18-6-3-7-20(29)11-18/h1-13,24,26H,14H2. The molecule has 2 unspecified atom stereocenters. The van der Waals surface area contributed by atoms with Crippen molar-refractivity contribution in [2.24, 2.45) is 5.10 Å². The Morgan fingerprint density at radius 3 is 2.59 bits per heavy atom. The molecule has 0 saturated heterocycles. The third kappa shape index (κ3) is 3.33.